The number of nitrogens with zero attached hydrogens (tertiary/aromatic N) is 1. The van der Waals surface area contributed by atoms with Gasteiger partial charge < -0.3 is 10.2 Å². The fourth-order valence-corrected chi connectivity index (χ4v) is 5.27. The zero-order valence-corrected chi connectivity index (χ0v) is 12.8. The molecule has 1 N–H and O–H groups in total. The number of hydrogen-bond donors (Lipinski definition) is 1. The molecular weight excluding hydrogens is 304 g/mol. The Balaban J connectivity index is 1.58. The molecule has 0 aliphatic carbocycles. The number of carbonyl (C=O) groups is 2. The first kappa shape index (κ1) is 13.8. The number of hydrogen-bond acceptors (Lipinski definition) is 4. The van der Waals surface area contributed by atoms with Crippen LogP contribution in [0.1, 0.15) is 27.9 Å². The van der Waals surface area contributed by atoms with Gasteiger partial charge in [-0.25, -0.2) is 8.42 Å². The van der Waals surface area contributed by atoms with Gasteiger partial charge in [0.15, 0.2) is 9.84 Å². The van der Waals surface area contributed by atoms with Crippen LogP contribution >= 0.6 is 0 Å². The van der Waals surface area contributed by atoms with Gasteiger partial charge in [-0.05, 0) is 36.1 Å². The predicted octanol–water partition coefficient (Wildman–Crippen LogP) is 0.0487. The molecule has 4 rings (SSSR count). The molecule has 1 fully saturated rings. The molecule has 0 radical (unpaired) electrons. The van der Waals surface area contributed by atoms with Gasteiger partial charge in [0.2, 0.25) is 5.91 Å². The molecule has 1 unspecified atom stereocenters. The van der Waals surface area contributed by atoms with E-state index >= 15 is 0 Å². The SMILES string of the molecule is O=C(NC1CCS(=O)(=O)C1)c1cc2c3c(c1)CC(=O)N3CC2. The van der Waals surface area contributed by atoms with Crippen molar-refractivity contribution in [3.8, 4) is 0 Å². The van der Waals surface area contributed by atoms with Crippen molar-refractivity contribution in [1.29, 1.82) is 0 Å². The van der Waals surface area contributed by atoms with Gasteiger partial charge in [0.1, 0.15) is 0 Å². The molecule has 2 amide bonds. The highest BCUT2D eigenvalue weighted by Gasteiger charge is 2.35. The van der Waals surface area contributed by atoms with Crippen molar-refractivity contribution >= 4 is 27.3 Å². The van der Waals surface area contributed by atoms with E-state index in [0.717, 1.165) is 23.2 Å². The Morgan fingerprint density at radius 3 is 2.77 bits per heavy atom. The van der Waals surface area contributed by atoms with Gasteiger partial charge in [0.05, 0.1) is 23.6 Å². The zero-order valence-electron chi connectivity index (χ0n) is 12.0. The van der Waals surface area contributed by atoms with E-state index in [9.17, 15) is 18.0 Å². The van der Waals surface area contributed by atoms with Crippen molar-refractivity contribution in [3.63, 3.8) is 0 Å². The molecule has 0 spiro atoms. The minimum atomic E-state index is -3.01. The summed E-state index contributed by atoms with van der Waals surface area (Å²) >= 11 is 0. The minimum absolute atomic E-state index is 0.0167. The molecule has 0 aromatic heterocycles. The van der Waals surface area contributed by atoms with Crippen LogP contribution in [-0.2, 0) is 27.5 Å². The molecule has 1 saturated heterocycles. The van der Waals surface area contributed by atoms with E-state index in [1.807, 2.05) is 6.07 Å². The van der Waals surface area contributed by atoms with Gasteiger partial charge in [0.25, 0.3) is 5.91 Å². The van der Waals surface area contributed by atoms with Crippen molar-refractivity contribution < 1.29 is 18.0 Å². The summed E-state index contributed by atoms with van der Waals surface area (Å²) in [7, 11) is -3.01. The predicted molar refractivity (Wildman–Crippen MR) is 80.7 cm³/mol. The van der Waals surface area contributed by atoms with Crippen molar-refractivity contribution in [2.75, 3.05) is 23.0 Å². The largest absolute Gasteiger partial charge is 0.348 e. The Bertz CT molecular complexity index is 800. The molecule has 22 heavy (non-hydrogen) atoms. The van der Waals surface area contributed by atoms with Gasteiger partial charge in [-0.1, -0.05) is 0 Å². The number of nitrogens with one attached hydrogen (secondary N) is 1. The van der Waals surface area contributed by atoms with Crippen molar-refractivity contribution in [2.45, 2.75) is 25.3 Å². The molecule has 1 aromatic carbocycles. The summed E-state index contributed by atoms with van der Waals surface area (Å²) in [5.41, 5.74) is 3.44. The number of anilines is 1. The van der Waals surface area contributed by atoms with Crippen LogP contribution in [0.15, 0.2) is 12.1 Å². The molecule has 116 valence electrons. The van der Waals surface area contributed by atoms with Crippen LogP contribution in [0.3, 0.4) is 0 Å². The van der Waals surface area contributed by atoms with Crippen LogP contribution in [0.2, 0.25) is 0 Å². The molecule has 0 saturated carbocycles. The lowest BCUT2D eigenvalue weighted by molar-refractivity contribution is -0.117. The van der Waals surface area contributed by atoms with E-state index in [4.69, 9.17) is 0 Å². The molecule has 1 atom stereocenters. The summed E-state index contributed by atoms with van der Waals surface area (Å²) in [6.45, 7) is 0.688. The monoisotopic (exact) mass is 320 g/mol. The average Bonchev–Trinajstić information content (AvgIpc) is 3.10. The van der Waals surface area contributed by atoms with Crippen LogP contribution in [-0.4, -0.2) is 44.3 Å². The van der Waals surface area contributed by atoms with Crippen LogP contribution in [0.25, 0.3) is 0 Å². The van der Waals surface area contributed by atoms with E-state index in [1.54, 1.807) is 11.0 Å². The molecular formula is C15H16N2O4S. The second-order valence-electron chi connectivity index (χ2n) is 6.19. The van der Waals surface area contributed by atoms with Gasteiger partial charge in [-0.3, -0.25) is 9.59 Å². The smallest absolute Gasteiger partial charge is 0.251 e. The van der Waals surface area contributed by atoms with Crippen LogP contribution in [0, 0.1) is 0 Å². The highest BCUT2D eigenvalue weighted by atomic mass is 32.2. The zero-order chi connectivity index (χ0) is 15.5. The molecule has 0 bridgehead atoms. The first-order valence-electron chi connectivity index (χ1n) is 7.40. The van der Waals surface area contributed by atoms with E-state index in [2.05, 4.69) is 5.32 Å². The molecule has 3 heterocycles. The summed E-state index contributed by atoms with van der Waals surface area (Å²) in [5, 5.41) is 2.80. The summed E-state index contributed by atoms with van der Waals surface area (Å²) < 4.78 is 22.9. The van der Waals surface area contributed by atoms with Gasteiger partial charge >= 0.3 is 0 Å². The minimum Gasteiger partial charge on any atom is -0.348 e. The highest BCUT2D eigenvalue weighted by Crippen LogP contribution is 2.38. The fourth-order valence-electron chi connectivity index (χ4n) is 3.59. The van der Waals surface area contributed by atoms with Gasteiger partial charge in [0, 0.05) is 18.2 Å². The Morgan fingerprint density at radius 1 is 1.27 bits per heavy atom. The maximum absolute atomic E-state index is 12.4. The Morgan fingerprint density at radius 2 is 2.05 bits per heavy atom. The van der Waals surface area contributed by atoms with E-state index in [0.29, 0.717) is 24.9 Å². The Hall–Kier alpha value is -1.89. The third-order valence-corrected chi connectivity index (χ3v) is 6.38. The number of benzene rings is 1. The molecule has 3 aliphatic heterocycles. The first-order chi connectivity index (χ1) is 10.4. The van der Waals surface area contributed by atoms with E-state index in [1.165, 1.54) is 0 Å². The fraction of sp³-hybridized carbons (Fsp3) is 0.467. The number of amides is 2. The van der Waals surface area contributed by atoms with Crippen LogP contribution in [0.5, 0.6) is 0 Å². The van der Waals surface area contributed by atoms with Gasteiger partial charge in [-0.15, -0.1) is 0 Å². The normalized spacial score (nSPS) is 24.6. The van der Waals surface area contributed by atoms with Crippen LogP contribution in [0.4, 0.5) is 5.69 Å². The lowest BCUT2D eigenvalue weighted by Crippen LogP contribution is -2.35. The summed E-state index contributed by atoms with van der Waals surface area (Å²) in [6, 6.07) is 3.29. The second-order valence-corrected chi connectivity index (χ2v) is 8.42. The molecule has 7 heteroatoms. The molecule has 6 nitrogen and oxygen atoms in total. The Kier molecular flexibility index (Phi) is 2.84. The number of rotatable bonds is 2. The lowest BCUT2D eigenvalue weighted by atomic mass is 10.0. The molecule has 1 aromatic rings. The Labute approximate surface area is 128 Å². The topological polar surface area (TPSA) is 83.5 Å². The molecule has 3 aliphatic rings. The number of carbonyl (C=O) groups excluding carboxylic acids is 2. The van der Waals surface area contributed by atoms with Crippen LogP contribution < -0.4 is 10.2 Å². The maximum Gasteiger partial charge on any atom is 0.251 e. The van der Waals surface area contributed by atoms with Crippen molar-refractivity contribution in [1.82, 2.24) is 5.32 Å². The standard InChI is InChI=1S/C15H16N2O4S/c18-13-7-10-6-11(5-9-1-3-17(13)14(9)10)15(19)16-12-2-4-22(20,21)8-12/h5-6,12H,1-4,7-8H2,(H,16,19). The lowest BCUT2D eigenvalue weighted by Gasteiger charge is -2.13. The quantitative estimate of drug-likeness (QED) is 0.834. The van der Waals surface area contributed by atoms with E-state index in [-0.39, 0.29) is 29.4 Å². The second kappa shape index (κ2) is 4.55. The van der Waals surface area contributed by atoms with Crippen molar-refractivity contribution in [3.05, 3.63) is 28.8 Å². The number of sulfone groups is 1. The first-order valence-corrected chi connectivity index (χ1v) is 9.22. The van der Waals surface area contributed by atoms with E-state index < -0.39 is 9.84 Å². The third kappa shape index (κ3) is 2.11. The van der Waals surface area contributed by atoms with Gasteiger partial charge in [-0.2, -0.15) is 0 Å². The van der Waals surface area contributed by atoms with Crippen molar-refractivity contribution in [2.24, 2.45) is 0 Å². The average molecular weight is 320 g/mol. The highest BCUT2D eigenvalue weighted by molar-refractivity contribution is 7.91. The summed E-state index contributed by atoms with van der Waals surface area (Å²) in [4.78, 5) is 26.0. The third-order valence-electron chi connectivity index (χ3n) is 4.62. The summed E-state index contributed by atoms with van der Waals surface area (Å²) in [5.74, 6) is -0.00762. The maximum atomic E-state index is 12.4. The summed E-state index contributed by atoms with van der Waals surface area (Å²) in [6.07, 6.45) is 1.59.